The third-order valence-corrected chi connectivity index (χ3v) is 4.30. The molecule has 1 unspecified atom stereocenters. The third kappa shape index (κ3) is 4.56. The minimum absolute atomic E-state index is 0. The Morgan fingerprint density at radius 2 is 2.17 bits per heavy atom. The predicted octanol–water partition coefficient (Wildman–Crippen LogP) is 3.47. The average Bonchev–Trinajstić information content (AvgIpc) is 2.62. The van der Waals surface area contributed by atoms with E-state index in [1.807, 2.05) is 18.2 Å². The van der Waals surface area contributed by atoms with E-state index in [4.69, 9.17) is 10.00 Å². The molecule has 128 valence electrons. The zero-order chi connectivity index (χ0) is 16.1. The summed E-state index contributed by atoms with van der Waals surface area (Å²) in [5.41, 5.74) is 0.0588. The van der Waals surface area contributed by atoms with Crippen LogP contribution in [0.25, 0.3) is 0 Å². The van der Waals surface area contributed by atoms with Crippen LogP contribution in [-0.2, 0) is 0 Å². The van der Waals surface area contributed by atoms with Gasteiger partial charge in [0.1, 0.15) is 12.7 Å². The summed E-state index contributed by atoms with van der Waals surface area (Å²) in [5, 5.41) is 12.1. The Balaban J connectivity index is 0.00000208. The SMILES string of the molecule is Cl.N#CC1(F)C=CC(COc2cccc(C3CCNCC3)n2)=CC1. The van der Waals surface area contributed by atoms with Crippen molar-refractivity contribution in [2.45, 2.75) is 30.8 Å². The van der Waals surface area contributed by atoms with Gasteiger partial charge in [0.2, 0.25) is 11.5 Å². The topological polar surface area (TPSA) is 57.9 Å². The summed E-state index contributed by atoms with van der Waals surface area (Å²) < 4.78 is 19.5. The van der Waals surface area contributed by atoms with Crippen LogP contribution in [0.4, 0.5) is 4.39 Å². The average molecular weight is 350 g/mol. The van der Waals surface area contributed by atoms with E-state index in [1.165, 1.54) is 6.08 Å². The minimum atomic E-state index is -1.88. The van der Waals surface area contributed by atoms with Crippen molar-refractivity contribution in [1.29, 1.82) is 5.26 Å². The van der Waals surface area contributed by atoms with Gasteiger partial charge in [0.25, 0.3) is 0 Å². The zero-order valence-corrected chi connectivity index (χ0v) is 14.2. The lowest BCUT2D eigenvalue weighted by Gasteiger charge is -2.22. The molecule has 24 heavy (non-hydrogen) atoms. The summed E-state index contributed by atoms with van der Waals surface area (Å²) in [4.78, 5) is 4.60. The number of pyridine rings is 1. The molecule has 1 aliphatic carbocycles. The Bertz CT molecular complexity index is 664. The van der Waals surface area contributed by atoms with Crippen molar-refractivity contribution in [2.75, 3.05) is 19.7 Å². The van der Waals surface area contributed by atoms with Crippen molar-refractivity contribution in [1.82, 2.24) is 10.3 Å². The molecule has 1 aliphatic heterocycles. The maximum Gasteiger partial charge on any atom is 0.218 e. The quantitative estimate of drug-likeness (QED) is 0.904. The smallest absolute Gasteiger partial charge is 0.218 e. The van der Waals surface area contributed by atoms with Gasteiger partial charge in [-0.2, -0.15) is 5.26 Å². The van der Waals surface area contributed by atoms with E-state index in [2.05, 4.69) is 10.3 Å². The van der Waals surface area contributed by atoms with Gasteiger partial charge in [-0.25, -0.2) is 9.37 Å². The molecule has 0 bridgehead atoms. The summed E-state index contributed by atoms with van der Waals surface area (Å²) in [7, 11) is 0. The molecule has 0 radical (unpaired) electrons. The van der Waals surface area contributed by atoms with Crippen LogP contribution >= 0.6 is 12.4 Å². The first-order valence-corrected chi connectivity index (χ1v) is 7.97. The van der Waals surface area contributed by atoms with Crippen molar-refractivity contribution in [3.8, 4) is 11.9 Å². The Morgan fingerprint density at radius 3 is 2.83 bits per heavy atom. The van der Waals surface area contributed by atoms with Crippen LogP contribution in [0.1, 0.15) is 30.9 Å². The molecule has 1 N–H and O–H groups in total. The molecule has 6 heteroatoms. The van der Waals surface area contributed by atoms with E-state index in [0.29, 0.717) is 18.4 Å². The molecule has 2 heterocycles. The van der Waals surface area contributed by atoms with E-state index in [-0.39, 0.29) is 18.8 Å². The van der Waals surface area contributed by atoms with Crippen LogP contribution in [0.3, 0.4) is 0 Å². The summed E-state index contributed by atoms with van der Waals surface area (Å²) in [6.45, 7) is 2.39. The summed E-state index contributed by atoms with van der Waals surface area (Å²) in [6.07, 6.45) is 6.88. The molecule has 0 saturated carbocycles. The van der Waals surface area contributed by atoms with E-state index < -0.39 is 5.67 Å². The van der Waals surface area contributed by atoms with Gasteiger partial charge >= 0.3 is 0 Å². The van der Waals surface area contributed by atoms with E-state index >= 15 is 0 Å². The highest BCUT2D eigenvalue weighted by molar-refractivity contribution is 5.85. The van der Waals surface area contributed by atoms with Gasteiger partial charge in [-0.1, -0.05) is 18.2 Å². The van der Waals surface area contributed by atoms with Gasteiger partial charge in [-0.15, -0.1) is 12.4 Å². The van der Waals surface area contributed by atoms with Crippen LogP contribution in [-0.4, -0.2) is 30.3 Å². The second-order valence-corrected chi connectivity index (χ2v) is 6.00. The van der Waals surface area contributed by atoms with Gasteiger partial charge in [-0.3, -0.25) is 0 Å². The summed E-state index contributed by atoms with van der Waals surface area (Å²) in [6, 6.07) is 7.52. The molecule has 0 amide bonds. The van der Waals surface area contributed by atoms with E-state index in [9.17, 15) is 4.39 Å². The van der Waals surface area contributed by atoms with Crippen molar-refractivity contribution in [2.24, 2.45) is 0 Å². The highest BCUT2D eigenvalue weighted by Gasteiger charge is 2.27. The number of nitrogens with one attached hydrogen (secondary N) is 1. The fourth-order valence-corrected chi connectivity index (χ4v) is 2.86. The largest absolute Gasteiger partial charge is 0.473 e. The normalized spacial score (nSPS) is 23.8. The number of aromatic nitrogens is 1. The molecule has 3 rings (SSSR count). The van der Waals surface area contributed by atoms with Crippen molar-refractivity contribution in [3.63, 3.8) is 0 Å². The van der Waals surface area contributed by atoms with Crippen LogP contribution in [0.15, 0.2) is 42.0 Å². The Kier molecular flexibility index (Phi) is 6.36. The Morgan fingerprint density at radius 1 is 1.38 bits per heavy atom. The summed E-state index contributed by atoms with van der Waals surface area (Å²) >= 11 is 0. The molecule has 1 aromatic rings. The van der Waals surface area contributed by atoms with Gasteiger partial charge in [0, 0.05) is 24.1 Å². The van der Waals surface area contributed by atoms with Crippen LogP contribution in [0.2, 0.25) is 0 Å². The fraction of sp³-hybridized carbons (Fsp3) is 0.444. The molecule has 0 spiro atoms. The number of hydrogen-bond acceptors (Lipinski definition) is 4. The maximum atomic E-state index is 13.7. The molecular formula is C18H21ClFN3O. The first kappa shape index (κ1) is 18.4. The summed E-state index contributed by atoms with van der Waals surface area (Å²) in [5.74, 6) is 1.07. The number of ether oxygens (including phenoxy) is 1. The van der Waals surface area contributed by atoms with Crippen molar-refractivity contribution in [3.05, 3.63) is 47.7 Å². The van der Waals surface area contributed by atoms with E-state index in [0.717, 1.165) is 37.2 Å². The van der Waals surface area contributed by atoms with Gasteiger partial charge in [-0.05, 0) is 43.6 Å². The van der Waals surface area contributed by atoms with Crippen LogP contribution in [0, 0.1) is 11.3 Å². The fourth-order valence-electron chi connectivity index (χ4n) is 2.86. The Labute approximate surface area is 147 Å². The number of piperidine rings is 1. The minimum Gasteiger partial charge on any atom is -0.473 e. The number of alkyl halides is 1. The molecule has 4 nitrogen and oxygen atoms in total. The lowest BCUT2D eigenvalue weighted by Crippen LogP contribution is -2.27. The Hall–Kier alpha value is -1.90. The third-order valence-electron chi connectivity index (χ3n) is 4.30. The molecule has 2 aliphatic rings. The number of hydrogen-bond donors (Lipinski definition) is 1. The molecule has 0 aromatic carbocycles. The van der Waals surface area contributed by atoms with Crippen molar-refractivity contribution >= 4 is 12.4 Å². The van der Waals surface area contributed by atoms with Gasteiger partial charge in [0.05, 0.1) is 0 Å². The first-order valence-electron chi connectivity index (χ1n) is 7.97. The lowest BCUT2D eigenvalue weighted by atomic mass is 9.94. The number of nitrogens with zero attached hydrogens (tertiary/aromatic N) is 2. The van der Waals surface area contributed by atoms with E-state index in [1.54, 1.807) is 18.2 Å². The van der Waals surface area contributed by atoms with Crippen LogP contribution in [0.5, 0.6) is 5.88 Å². The highest BCUT2D eigenvalue weighted by Crippen LogP contribution is 2.26. The zero-order valence-electron chi connectivity index (χ0n) is 13.4. The van der Waals surface area contributed by atoms with Crippen molar-refractivity contribution < 1.29 is 9.13 Å². The monoisotopic (exact) mass is 349 g/mol. The lowest BCUT2D eigenvalue weighted by molar-refractivity contribution is 0.302. The number of halogens is 2. The van der Waals surface area contributed by atoms with Gasteiger partial charge in [0.15, 0.2) is 0 Å². The number of rotatable bonds is 4. The molecular weight excluding hydrogens is 329 g/mol. The van der Waals surface area contributed by atoms with Crippen LogP contribution < -0.4 is 10.1 Å². The van der Waals surface area contributed by atoms with Gasteiger partial charge < -0.3 is 10.1 Å². The second kappa shape index (κ2) is 8.27. The number of nitriles is 1. The first-order chi connectivity index (χ1) is 11.2. The second-order valence-electron chi connectivity index (χ2n) is 6.00. The number of allylic oxidation sites excluding steroid dienone is 2. The standard InChI is InChI=1S/C18H20FN3O.ClH/c19-18(13-20)8-4-14(5-9-18)12-23-17-3-1-2-16(22-17)15-6-10-21-11-7-15;/h1-5,8,15,21H,6-7,9-12H2;1H. The molecule has 1 fully saturated rings. The maximum absolute atomic E-state index is 13.7. The predicted molar refractivity (Wildman–Crippen MR) is 93.1 cm³/mol. The molecule has 1 aromatic heterocycles. The molecule has 1 atom stereocenters. The molecule has 1 saturated heterocycles. The highest BCUT2D eigenvalue weighted by atomic mass is 35.5.